The average molecular weight is 494 g/mol. The molecule has 2 aliphatic rings. The highest BCUT2D eigenvalue weighted by atomic mass is 32.2. The zero-order valence-corrected chi connectivity index (χ0v) is 20.0. The van der Waals surface area contributed by atoms with Gasteiger partial charge in [-0.05, 0) is 67.6 Å². The molecule has 0 unspecified atom stereocenters. The lowest BCUT2D eigenvalue weighted by molar-refractivity contribution is -0.120. The van der Waals surface area contributed by atoms with Crippen LogP contribution in [0.5, 0.6) is 0 Å². The summed E-state index contributed by atoms with van der Waals surface area (Å²) >= 11 is 0. The minimum absolute atomic E-state index is 0.0227. The van der Waals surface area contributed by atoms with Crippen molar-refractivity contribution in [1.82, 2.24) is 9.78 Å². The normalized spacial score (nSPS) is 15.8. The van der Waals surface area contributed by atoms with Crippen molar-refractivity contribution in [1.29, 1.82) is 0 Å². The maximum atomic E-state index is 12.8. The van der Waals surface area contributed by atoms with Gasteiger partial charge in [-0.3, -0.25) is 9.59 Å². The van der Waals surface area contributed by atoms with E-state index < -0.39 is 15.9 Å². The predicted octanol–water partition coefficient (Wildman–Crippen LogP) is 2.90. The molecule has 0 atom stereocenters. The minimum Gasteiger partial charge on any atom is -0.364 e. The van der Waals surface area contributed by atoms with Gasteiger partial charge in [-0.15, -0.1) is 0 Å². The van der Waals surface area contributed by atoms with Crippen LogP contribution in [0.25, 0.3) is 16.9 Å². The van der Waals surface area contributed by atoms with E-state index in [9.17, 15) is 18.0 Å². The molecule has 2 amide bonds. The molecule has 2 aromatic carbocycles. The van der Waals surface area contributed by atoms with Gasteiger partial charge in [0.05, 0.1) is 16.3 Å². The number of carbonyl (C=O) groups excluding carboxylic acids is 2. The lowest BCUT2D eigenvalue weighted by atomic mass is 9.87. The molecule has 0 aliphatic heterocycles. The molecule has 5 rings (SSSR count). The number of primary amides is 1. The Kier molecular flexibility index (Phi) is 5.94. The Morgan fingerprint density at radius 3 is 2.37 bits per heavy atom. The van der Waals surface area contributed by atoms with E-state index in [0.717, 1.165) is 42.4 Å². The van der Waals surface area contributed by atoms with Gasteiger partial charge in [0.2, 0.25) is 15.9 Å². The Bertz CT molecular complexity index is 1420. The molecule has 1 heterocycles. The molecule has 35 heavy (non-hydrogen) atoms. The average Bonchev–Trinajstić information content (AvgIpc) is 3.25. The number of carbonyl (C=O) groups is 2. The summed E-state index contributed by atoms with van der Waals surface area (Å²) in [6, 6.07) is 11.8. The SMILES string of the molecule is NC(=O)c1nn(-c2ccc(S(N)(=O)=O)cc2)c2c1CCc1ccc(NC(=O)C3CCCCC3)cc1-2. The van der Waals surface area contributed by atoms with Crippen molar-refractivity contribution in [2.24, 2.45) is 16.8 Å². The first-order valence-electron chi connectivity index (χ1n) is 11.7. The van der Waals surface area contributed by atoms with Gasteiger partial charge in [-0.1, -0.05) is 25.3 Å². The molecular weight excluding hydrogens is 466 g/mol. The number of amides is 2. The van der Waals surface area contributed by atoms with E-state index in [2.05, 4.69) is 10.4 Å². The highest BCUT2D eigenvalue weighted by Crippen LogP contribution is 2.38. The van der Waals surface area contributed by atoms with E-state index in [4.69, 9.17) is 10.9 Å². The summed E-state index contributed by atoms with van der Waals surface area (Å²) in [4.78, 5) is 25.0. The van der Waals surface area contributed by atoms with Crippen LogP contribution in [0.15, 0.2) is 47.4 Å². The van der Waals surface area contributed by atoms with Crippen LogP contribution < -0.4 is 16.2 Å². The number of nitrogens with two attached hydrogens (primary N) is 2. The predicted molar refractivity (Wildman–Crippen MR) is 132 cm³/mol. The van der Waals surface area contributed by atoms with Crippen LogP contribution in [0, 0.1) is 5.92 Å². The number of hydrogen-bond donors (Lipinski definition) is 3. The summed E-state index contributed by atoms with van der Waals surface area (Å²) in [7, 11) is -3.85. The van der Waals surface area contributed by atoms with Gasteiger partial charge in [0.1, 0.15) is 0 Å². The Balaban J connectivity index is 1.57. The minimum atomic E-state index is -3.85. The molecule has 2 aliphatic carbocycles. The molecule has 5 N–H and O–H groups in total. The molecule has 1 saturated carbocycles. The zero-order valence-electron chi connectivity index (χ0n) is 19.2. The largest absolute Gasteiger partial charge is 0.364 e. The van der Waals surface area contributed by atoms with Crippen molar-refractivity contribution in [3.63, 3.8) is 0 Å². The molecule has 0 saturated heterocycles. The summed E-state index contributed by atoms with van der Waals surface area (Å²) in [6.07, 6.45) is 6.43. The van der Waals surface area contributed by atoms with Gasteiger partial charge < -0.3 is 11.1 Å². The molecule has 182 valence electrons. The molecule has 9 nitrogen and oxygen atoms in total. The van der Waals surface area contributed by atoms with E-state index in [-0.39, 0.29) is 22.4 Å². The summed E-state index contributed by atoms with van der Waals surface area (Å²) in [5.41, 5.74) is 10.4. The van der Waals surface area contributed by atoms with Crippen molar-refractivity contribution in [3.05, 3.63) is 59.3 Å². The number of aryl methyl sites for hydroxylation is 1. The van der Waals surface area contributed by atoms with E-state index in [1.807, 2.05) is 18.2 Å². The summed E-state index contributed by atoms with van der Waals surface area (Å²) < 4.78 is 24.9. The second kappa shape index (κ2) is 8.94. The van der Waals surface area contributed by atoms with E-state index >= 15 is 0 Å². The van der Waals surface area contributed by atoms with Gasteiger partial charge in [-0.2, -0.15) is 5.10 Å². The fourth-order valence-electron chi connectivity index (χ4n) is 5.09. The van der Waals surface area contributed by atoms with E-state index in [0.29, 0.717) is 29.9 Å². The third-order valence-corrected chi connectivity index (χ3v) is 7.81. The van der Waals surface area contributed by atoms with E-state index in [1.54, 1.807) is 16.8 Å². The third-order valence-electron chi connectivity index (χ3n) is 6.88. The van der Waals surface area contributed by atoms with Gasteiger partial charge >= 0.3 is 0 Å². The van der Waals surface area contributed by atoms with Crippen molar-refractivity contribution < 1.29 is 18.0 Å². The second-order valence-corrected chi connectivity index (χ2v) is 10.7. The Hall–Kier alpha value is -3.50. The third kappa shape index (κ3) is 4.46. The van der Waals surface area contributed by atoms with Gasteiger partial charge in [0.25, 0.3) is 5.91 Å². The molecule has 0 bridgehead atoms. The molecule has 1 aromatic heterocycles. The number of aromatic nitrogens is 2. The number of nitrogens with one attached hydrogen (secondary N) is 1. The standard InChI is InChI=1S/C25H27N5O4S/c26-24(31)22-20-13-7-15-6-8-17(28-25(32)16-4-2-1-3-5-16)14-21(15)23(20)30(29-22)18-9-11-19(12-10-18)35(27,33)34/h6,8-12,14,16H,1-5,7,13H2,(H2,26,31)(H,28,32)(H2,27,33,34). The van der Waals surface area contributed by atoms with Crippen molar-refractivity contribution >= 4 is 27.5 Å². The summed E-state index contributed by atoms with van der Waals surface area (Å²) in [6.45, 7) is 0. The number of hydrogen-bond acceptors (Lipinski definition) is 5. The molecule has 1 fully saturated rings. The number of primary sulfonamides is 1. The van der Waals surface area contributed by atoms with Crippen LogP contribution in [-0.4, -0.2) is 30.0 Å². The highest BCUT2D eigenvalue weighted by molar-refractivity contribution is 7.89. The monoisotopic (exact) mass is 493 g/mol. The highest BCUT2D eigenvalue weighted by Gasteiger charge is 2.29. The molecule has 3 aromatic rings. The van der Waals surface area contributed by atoms with Gasteiger partial charge in [-0.25, -0.2) is 18.2 Å². The van der Waals surface area contributed by atoms with Crippen molar-refractivity contribution in [2.45, 2.75) is 49.8 Å². The fraction of sp³-hybridized carbons (Fsp3) is 0.320. The molecule has 0 spiro atoms. The Morgan fingerprint density at radius 1 is 1.00 bits per heavy atom. The van der Waals surface area contributed by atoms with Crippen LogP contribution in [-0.2, 0) is 27.7 Å². The first-order chi connectivity index (χ1) is 16.7. The Labute approximate surface area is 203 Å². The topological polar surface area (TPSA) is 150 Å². The molecular formula is C25H27N5O4S. The molecule has 0 radical (unpaired) electrons. The van der Waals surface area contributed by atoms with Crippen molar-refractivity contribution in [3.8, 4) is 16.9 Å². The van der Waals surface area contributed by atoms with Crippen molar-refractivity contribution in [2.75, 3.05) is 5.32 Å². The number of anilines is 1. The van der Waals surface area contributed by atoms with Crippen LogP contribution in [0.1, 0.15) is 53.7 Å². The Morgan fingerprint density at radius 2 is 1.71 bits per heavy atom. The summed E-state index contributed by atoms with van der Waals surface area (Å²) in [5, 5.41) is 12.8. The van der Waals surface area contributed by atoms with Gasteiger partial charge in [0.15, 0.2) is 5.69 Å². The summed E-state index contributed by atoms with van der Waals surface area (Å²) in [5.74, 6) is -0.573. The fourth-order valence-corrected chi connectivity index (χ4v) is 5.60. The maximum Gasteiger partial charge on any atom is 0.269 e. The van der Waals surface area contributed by atoms with Crippen LogP contribution in [0.2, 0.25) is 0 Å². The van der Waals surface area contributed by atoms with Crippen LogP contribution in [0.4, 0.5) is 5.69 Å². The quantitative estimate of drug-likeness (QED) is 0.499. The van der Waals surface area contributed by atoms with Crippen LogP contribution >= 0.6 is 0 Å². The number of benzene rings is 2. The number of sulfonamides is 1. The van der Waals surface area contributed by atoms with Crippen LogP contribution in [0.3, 0.4) is 0 Å². The second-order valence-electron chi connectivity index (χ2n) is 9.19. The lowest BCUT2D eigenvalue weighted by Gasteiger charge is -2.22. The number of fused-ring (bicyclic) bond motifs is 3. The van der Waals surface area contributed by atoms with Gasteiger partial charge in [0, 0.05) is 22.7 Å². The number of nitrogens with zero attached hydrogens (tertiary/aromatic N) is 2. The first-order valence-corrected chi connectivity index (χ1v) is 13.3. The maximum absolute atomic E-state index is 12.8. The lowest BCUT2D eigenvalue weighted by Crippen LogP contribution is -2.24. The number of rotatable bonds is 5. The zero-order chi connectivity index (χ0) is 24.7. The first kappa shape index (κ1) is 23.3. The molecule has 10 heteroatoms. The van der Waals surface area contributed by atoms with E-state index in [1.165, 1.54) is 18.6 Å². The smallest absolute Gasteiger partial charge is 0.269 e.